The maximum absolute atomic E-state index is 12.0. The monoisotopic (exact) mass is 389 g/mol. The van der Waals surface area contributed by atoms with Crippen LogP contribution in [0.1, 0.15) is 5.56 Å². The van der Waals surface area contributed by atoms with Crippen molar-refractivity contribution in [1.29, 1.82) is 0 Å². The number of nitrogens with one attached hydrogen (secondary N) is 1. The van der Waals surface area contributed by atoms with Crippen LogP contribution in [0, 0.1) is 6.92 Å². The van der Waals surface area contributed by atoms with Gasteiger partial charge in [0.15, 0.2) is 6.73 Å². The van der Waals surface area contributed by atoms with E-state index in [1.807, 2.05) is 37.4 Å². The van der Waals surface area contributed by atoms with Crippen molar-refractivity contribution in [1.82, 2.24) is 19.6 Å². The number of ether oxygens (including phenoxy) is 1. The number of aromatic nitrogens is 4. The van der Waals surface area contributed by atoms with Crippen molar-refractivity contribution in [3.63, 3.8) is 0 Å². The third kappa shape index (κ3) is 4.45. The molecule has 0 atom stereocenters. The lowest BCUT2D eigenvalue weighted by Crippen LogP contribution is -2.18. The number of rotatable bonds is 6. The van der Waals surface area contributed by atoms with E-state index in [-0.39, 0.29) is 19.2 Å². The molecule has 0 spiro atoms. The summed E-state index contributed by atoms with van der Waals surface area (Å²) in [6.45, 7) is 2.35. The minimum Gasteiger partial charge on any atom is -0.471 e. The summed E-state index contributed by atoms with van der Waals surface area (Å²) in [5.74, 6) is 0.583. The highest BCUT2D eigenvalue weighted by Crippen LogP contribution is 2.16. The molecule has 0 aliphatic carbocycles. The lowest BCUT2D eigenvalue weighted by molar-refractivity contribution is -0.116. The molecular weight excluding hydrogens is 374 g/mol. The first-order chi connectivity index (χ1) is 11.6. The van der Waals surface area contributed by atoms with Crippen molar-refractivity contribution < 1.29 is 9.53 Å². The molecule has 1 amide bonds. The first kappa shape index (κ1) is 16.3. The number of carbonyl (C=O) groups is 1. The van der Waals surface area contributed by atoms with Gasteiger partial charge >= 0.3 is 0 Å². The topological polar surface area (TPSA) is 74.0 Å². The van der Waals surface area contributed by atoms with Gasteiger partial charge in [-0.05, 0) is 36.8 Å². The van der Waals surface area contributed by atoms with E-state index in [2.05, 4.69) is 31.4 Å². The van der Waals surface area contributed by atoms with Crippen LogP contribution in [0.4, 0.5) is 5.69 Å². The van der Waals surface area contributed by atoms with Gasteiger partial charge in [-0.2, -0.15) is 10.2 Å². The summed E-state index contributed by atoms with van der Waals surface area (Å²) in [5, 5.41) is 11.0. The fourth-order valence-corrected chi connectivity index (χ4v) is 2.34. The molecule has 1 N–H and O–H groups in total. The van der Waals surface area contributed by atoms with Crippen LogP contribution in [0.25, 0.3) is 0 Å². The van der Waals surface area contributed by atoms with Crippen molar-refractivity contribution in [3.8, 4) is 5.75 Å². The van der Waals surface area contributed by atoms with E-state index in [0.29, 0.717) is 5.69 Å². The molecule has 8 heteroatoms. The Bertz CT molecular complexity index is 825. The van der Waals surface area contributed by atoms with Crippen LogP contribution in [0.2, 0.25) is 0 Å². The molecule has 3 aromatic rings. The molecule has 0 radical (unpaired) electrons. The van der Waals surface area contributed by atoms with Crippen LogP contribution in [0.15, 0.2) is 53.5 Å². The molecule has 2 aromatic heterocycles. The minimum atomic E-state index is -0.161. The smallest absolute Gasteiger partial charge is 0.246 e. The van der Waals surface area contributed by atoms with Crippen molar-refractivity contribution in [3.05, 3.63) is 59.1 Å². The number of aryl methyl sites for hydroxylation is 1. The second-order valence-electron chi connectivity index (χ2n) is 5.26. The maximum atomic E-state index is 12.0. The predicted molar refractivity (Wildman–Crippen MR) is 92.6 cm³/mol. The first-order valence-corrected chi connectivity index (χ1v) is 8.07. The first-order valence-electron chi connectivity index (χ1n) is 7.28. The predicted octanol–water partition coefficient (Wildman–Crippen LogP) is 2.83. The fraction of sp³-hybridized carbons (Fsp3) is 0.188. The summed E-state index contributed by atoms with van der Waals surface area (Å²) in [4.78, 5) is 12.0. The SMILES string of the molecule is Cc1cnn(CC(=O)Nc2cnn(COc3ccc(Br)cc3)c2)c1. The van der Waals surface area contributed by atoms with Crippen molar-refractivity contribution in [2.24, 2.45) is 0 Å². The second-order valence-corrected chi connectivity index (χ2v) is 6.17. The number of nitrogens with zero attached hydrogens (tertiary/aromatic N) is 4. The zero-order valence-corrected chi connectivity index (χ0v) is 14.6. The van der Waals surface area contributed by atoms with Crippen LogP contribution < -0.4 is 10.1 Å². The maximum Gasteiger partial charge on any atom is 0.246 e. The molecule has 7 nitrogen and oxygen atoms in total. The molecule has 24 heavy (non-hydrogen) atoms. The Labute approximate surface area is 147 Å². The van der Waals surface area contributed by atoms with E-state index >= 15 is 0 Å². The Hall–Kier alpha value is -2.61. The minimum absolute atomic E-state index is 0.161. The van der Waals surface area contributed by atoms with Gasteiger partial charge in [-0.25, -0.2) is 4.68 Å². The summed E-state index contributed by atoms with van der Waals surface area (Å²) in [6.07, 6.45) is 6.82. The molecule has 0 fully saturated rings. The van der Waals surface area contributed by atoms with E-state index in [1.54, 1.807) is 28.0 Å². The van der Waals surface area contributed by atoms with E-state index < -0.39 is 0 Å². The van der Waals surface area contributed by atoms with Crippen LogP contribution in [-0.4, -0.2) is 25.5 Å². The van der Waals surface area contributed by atoms with Gasteiger partial charge in [0.05, 0.1) is 24.3 Å². The van der Waals surface area contributed by atoms with E-state index in [9.17, 15) is 4.79 Å². The largest absolute Gasteiger partial charge is 0.471 e. The number of benzene rings is 1. The number of hydrogen-bond donors (Lipinski definition) is 1. The van der Waals surface area contributed by atoms with Crippen LogP contribution >= 0.6 is 15.9 Å². The van der Waals surface area contributed by atoms with Gasteiger partial charge in [0.25, 0.3) is 0 Å². The van der Waals surface area contributed by atoms with Crippen LogP contribution in [-0.2, 0) is 18.1 Å². The molecule has 124 valence electrons. The highest BCUT2D eigenvalue weighted by Gasteiger charge is 2.06. The lowest BCUT2D eigenvalue weighted by atomic mass is 10.3. The van der Waals surface area contributed by atoms with Crippen molar-refractivity contribution in [2.75, 3.05) is 5.32 Å². The average Bonchev–Trinajstić information content (AvgIpc) is 3.16. The Kier molecular flexibility index (Phi) is 4.95. The molecule has 0 saturated heterocycles. The van der Waals surface area contributed by atoms with E-state index in [4.69, 9.17) is 4.74 Å². The summed E-state index contributed by atoms with van der Waals surface area (Å²) >= 11 is 3.37. The number of amides is 1. The summed E-state index contributed by atoms with van der Waals surface area (Å²) in [5.41, 5.74) is 1.63. The average molecular weight is 390 g/mol. The zero-order valence-electron chi connectivity index (χ0n) is 13.0. The van der Waals surface area contributed by atoms with Crippen molar-refractivity contribution >= 4 is 27.5 Å². The Balaban J connectivity index is 1.51. The Morgan fingerprint density at radius 1 is 1.17 bits per heavy atom. The van der Waals surface area contributed by atoms with Gasteiger partial charge in [0, 0.05) is 10.7 Å². The van der Waals surface area contributed by atoms with Gasteiger partial charge < -0.3 is 10.1 Å². The summed E-state index contributed by atoms with van der Waals surface area (Å²) < 4.78 is 9.80. The van der Waals surface area contributed by atoms with Gasteiger partial charge in [-0.3, -0.25) is 9.48 Å². The van der Waals surface area contributed by atoms with Gasteiger partial charge in [-0.1, -0.05) is 15.9 Å². The number of anilines is 1. The fourth-order valence-electron chi connectivity index (χ4n) is 2.07. The molecule has 0 saturated carbocycles. The normalized spacial score (nSPS) is 10.6. The molecule has 0 unspecified atom stereocenters. The molecule has 1 aromatic carbocycles. The molecule has 0 aliphatic heterocycles. The van der Waals surface area contributed by atoms with E-state index in [1.165, 1.54) is 0 Å². The Morgan fingerprint density at radius 3 is 2.62 bits per heavy atom. The van der Waals surface area contributed by atoms with Gasteiger partial charge in [-0.15, -0.1) is 0 Å². The quantitative estimate of drug-likeness (QED) is 0.703. The van der Waals surface area contributed by atoms with E-state index in [0.717, 1.165) is 15.8 Å². The molecule has 3 rings (SSSR count). The number of hydrogen-bond acceptors (Lipinski definition) is 4. The lowest BCUT2D eigenvalue weighted by Gasteiger charge is -2.06. The van der Waals surface area contributed by atoms with Gasteiger partial charge in [0.2, 0.25) is 5.91 Å². The Morgan fingerprint density at radius 2 is 1.92 bits per heavy atom. The number of halogens is 1. The van der Waals surface area contributed by atoms with Crippen LogP contribution in [0.5, 0.6) is 5.75 Å². The summed E-state index contributed by atoms with van der Waals surface area (Å²) in [7, 11) is 0. The van der Waals surface area contributed by atoms with Crippen molar-refractivity contribution in [2.45, 2.75) is 20.2 Å². The van der Waals surface area contributed by atoms with Crippen LogP contribution in [0.3, 0.4) is 0 Å². The second kappa shape index (κ2) is 7.31. The third-order valence-electron chi connectivity index (χ3n) is 3.16. The molecule has 0 bridgehead atoms. The zero-order chi connectivity index (χ0) is 16.9. The molecule has 0 aliphatic rings. The summed E-state index contributed by atoms with van der Waals surface area (Å²) in [6, 6.07) is 7.53. The highest BCUT2D eigenvalue weighted by molar-refractivity contribution is 9.10. The number of carbonyl (C=O) groups excluding carboxylic acids is 1. The molecule has 2 heterocycles. The third-order valence-corrected chi connectivity index (χ3v) is 3.69. The van der Waals surface area contributed by atoms with Gasteiger partial charge in [0.1, 0.15) is 12.3 Å². The standard InChI is InChI=1S/C16H16BrN5O2/c1-12-6-18-21(8-12)10-16(23)20-14-7-19-22(9-14)11-24-15-4-2-13(17)3-5-15/h2-9H,10-11H2,1H3,(H,20,23). The molecular formula is C16H16BrN5O2. The highest BCUT2D eigenvalue weighted by atomic mass is 79.9.